The van der Waals surface area contributed by atoms with Gasteiger partial charge in [0.1, 0.15) is 11.5 Å². The molecule has 0 unspecified atom stereocenters. The highest BCUT2D eigenvalue weighted by molar-refractivity contribution is 5.55. The number of rotatable bonds is 4. The number of hydrogen-bond acceptors (Lipinski definition) is 5. The summed E-state index contributed by atoms with van der Waals surface area (Å²) in [6, 6.07) is 12.1. The Kier molecular flexibility index (Phi) is 3.94. The predicted octanol–water partition coefficient (Wildman–Crippen LogP) is 3.70. The van der Waals surface area contributed by atoms with Gasteiger partial charge in [0.2, 0.25) is 13.1 Å². The Balaban J connectivity index is 1.74. The van der Waals surface area contributed by atoms with Crippen molar-refractivity contribution in [3.63, 3.8) is 0 Å². The monoisotopic (exact) mass is 328 g/mol. The average molecular weight is 328 g/mol. The van der Waals surface area contributed by atoms with Crippen LogP contribution in [0, 0.1) is 0 Å². The van der Waals surface area contributed by atoms with Gasteiger partial charge in [0.05, 0.1) is 7.11 Å². The van der Waals surface area contributed by atoms with E-state index in [1.807, 2.05) is 31.2 Å². The Hall–Kier alpha value is -2.40. The van der Waals surface area contributed by atoms with Crippen molar-refractivity contribution in [3.05, 3.63) is 47.5 Å². The first-order valence-corrected chi connectivity index (χ1v) is 8.14. The molecule has 2 aromatic carbocycles. The first kappa shape index (κ1) is 15.1. The van der Waals surface area contributed by atoms with E-state index in [-0.39, 0.29) is 19.0 Å². The standard InChI is InChI=1S/C19H20O5/c1-3-21-19-9-14(12-4-6-13(20-2)7-5-12)15-8-17-18(23-11-22-17)10-16(15)24-19/h4-8,10,14,19H,3,9,11H2,1-2H3/t14-,19+/m1/s1. The molecule has 5 nitrogen and oxygen atoms in total. The SMILES string of the molecule is CCO[C@@H]1C[C@H](c2ccc(OC)cc2)c2cc3c(cc2O1)OCO3. The Morgan fingerprint density at radius 2 is 1.79 bits per heavy atom. The van der Waals surface area contributed by atoms with Crippen LogP contribution in [0.3, 0.4) is 0 Å². The number of hydrogen-bond donors (Lipinski definition) is 0. The zero-order valence-electron chi connectivity index (χ0n) is 13.8. The third-order valence-corrected chi connectivity index (χ3v) is 4.44. The maximum absolute atomic E-state index is 6.01. The summed E-state index contributed by atoms with van der Waals surface area (Å²) in [6.45, 7) is 2.83. The quantitative estimate of drug-likeness (QED) is 0.856. The van der Waals surface area contributed by atoms with Crippen molar-refractivity contribution in [2.45, 2.75) is 25.6 Å². The van der Waals surface area contributed by atoms with E-state index >= 15 is 0 Å². The molecule has 0 amide bonds. The molecule has 0 bridgehead atoms. The summed E-state index contributed by atoms with van der Waals surface area (Å²) in [5.74, 6) is 3.30. The largest absolute Gasteiger partial charge is 0.497 e. The summed E-state index contributed by atoms with van der Waals surface area (Å²) in [6.07, 6.45) is 0.488. The highest BCUT2D eigenvalue weighted by Gasteiger charge is 2.32. The maximum atomic E-state index is 6.01. The summed E-state index contributed by atoms with van der Waals surface area (Å²) < 4.78 is 28.0. The van der Waals surface area contributed by atoms with E-state index in [9.17, 15) is 0 Å². The molecule has 24 heavy (non-hydrogen) atoms. The van der Waals surface area contributed by atoms with E-state index in [1.54, 1.807) is 7.11 Å². The molecule has 0 saturated heterocycles. The highest BCUT2D eigenvalue weighted by atomic mass is 16.7. The van der Waals surface area contributed by atoms with Crippen molar-refractivity contribution < 1.29 is 23.7 Å². The number of fused-ring (bicyclic) bond motifs is 2. The molecule has 2 aliphatic rings. The van der Waals surface area contributed by atoms with Gasteiger partial charge in [-0.1, -0.05) is 12.1 Å². The normalized spacial score (nSPS) is 21.1. The Labute approximate surface area is 141 Å². The first-order valence-electron chi connectivity index (χ1n) is 8.14. The van der Waals surface area contributed by atoms with Gasteiger partial charge in [0.15, 0.2) is 11.5 Å². The number of benzene rings is 2. The summed E-state index contributed by atoms with van der Waals surface area (Å²) in [5, 5.41) is 0. The van der Waals surface area contributed by atoms with Crippen LogP contribution < -0.4 is 18.9 Å². The Morgan fingerprint density at radius 3 is 2.50 bits per heavy atom. The topological polar surface area (TPSA) is 46.2 Å². The van der Waals surface area contributed by atoms with E-state index in [1.165, 1.54) is 5.56 Å². The lowest BCUT2D eigenvalue weighted by molar-refractivity contribution is -0.0894. The smallest absolute Gasteiger partial charge is 0.231 e. The zero-order valence-corrected chi connectivity index (χ0v) is 13.8. The minimum Gasteiger partial charge on any atom is -0.497 e. The van der Waals surface area contributed by atoms with E-state index in [4.69, 9.17) is 23.7 Å². The average Bonchev–Trinajstić information content (AvgIpc) is 3.07. The van der Waals surface area contributed by atoms with Crippen LogP contribution in [0.2, 0.25) is 0 Å². The molecule has 5 heteroatoms. The second kappa shape index (κ2) is 6.24. The van der Waals surface area contributed by atoms with Crippen LogP contribution in [0.5, 0.6) is 23.0 Å². The van der Waals surface area contributed by atoms with Crippen LogP contribution >= 0.6 is 0 Å². The first-order chi connectivity index (χ1) is 11.8. The molecule has 0 aliphatic carbocycles. The van der Waals surface area contributed by atoms with Crippen molar-refractivity contribution in [1.29, 1.82) is 0 Å². The van der Waals surface area contributed by atoms with Crippen LogP contribution in [0.4, 0.5) is 0 Å². The summed E-state index contributed by atoms with van der Waals surface area (Å²) in [4.78, 5) is 0. The van der Waals surface area contributed by atoms with Crippen molar-refractivity contribution in [2.24, 2.45) is 0 Å². The predicted molar refractivity (Wildman–Crippen MR) is 88.1 cm³/mol. The molecular formula is C19H20O5. The van der Waals surface area contributed by atoms with Crippen LogP contribution in [0.15, 0.2) is 36.4 Å². The molecule has 2 heterocycles. The molecular weight excluding hydrogens is 308 g/mol. The summed E-state index contributed by atoms with van der Waals surface area (Å²) in [5.41, 5.74) is 2.30. The fraction of sp³-hybridized carbons (Fsp3) is 0.368. The van der Waals surface area contributed by atoms with Gasteiger partial charge in [-0.3, -0.25) is 0 Å². The maximum Gasteiger partial charge on any atom is 0.231 e. The van der Waals surface area contributed by atoms with E-state index in [2.05, 4.69) is 12.1 Å². The van der Waals surface area contributed by atoms with Crippen molar-refractivity contribution in [2.75, 3.05) is 20.5 Å². The van der Waals surface area contributed by atoms with Gasteiger partial charge in [-0.25, -0.2) is 0 Å². The van der Waals surface area contributed by atoms with Gasteiger partial charge in [0, 0.05) is 30.6 Å². The lowest BCUT2D eigenvalue weighted by Gasteiger charge is -2.32. The van der Waals surface area contributed by atoms with Gasteiger partial charge >= 0.3 is 0 Å². The molecule has 2 aliphatic heterocycles. The molecule has 126 valence electrons. The number of ether oxygens (including phenoxy) is 5. The fourth-order valence-electron chi connectivity index (χ4n) is 3.26. The van der Waals surface area contributed by atoms with Gasteiger partial charge in [-0.05, 0) is 30.7 Å². The second-order valence-electron chi connectivity index (χ2n) is 5.81. The van der Waals surface area contributed by atoms with Gasteiger partial charge in [-0.2, -0.15) is 0 Å². The second-order valence-corrected chi connectivity index (χ2v) is 5.81. The molecule has 2 aromatic rings. The molecule has 0 radical (unpaired) electrons. The highest BCUT2D eigenvalue weighted by Crippen LogP contribution is 2.47. The van der Waals surface area contributed by atoms with Crippen LogP contribution in [0.1, 0.15) is 30.4 Å². The lowest BCUT2D eigenvalue weighted by atomic mass is 9.86. The van der Waals surface area contributed by atoms with Gasteiger partial charge in [0.25, 0.3) is 0 Å². The third-order valence-electron chi connectivity index (χ3n) is 4.44. The van der Waals surface area contributed by atoms with E-state index < -0.39 is 0 Å². The van der Waals surface area contributed by atoms with Crippen molar-refractivity contribution in [1.82, 2.24) is 0 Å². The van der Waals surface area contributed by atoms with Crippen molar-refractivity contribution >= 4 is 0 Å². The summed E-state index contributed by atoms with van der Waals surface area (Å²) in [7, 11) is 1.67. The zero-order chi connectivity index (χ0) is 16.5. The van der Waals surface area contributed by atoms with E-state index in [0.29, 0.717) is 6.61 Å². The third kappa shape index (κ3) is 2.65. The minimum absolute atomic E-state index is 0.172. The van der Waals surface area contributed by atoms with Gasteiger partial charge in [-0.15, -0.1) is 0 Å². The fourth-order valence-corrected chi connectivity index (χ4v) is 3.26. The molecule has 4 rings (SSSR count). The molecule has 2 atom stereocenters. The Morgan fingerprint density at radius 1 is 1.04 bits per heavy atom. The lowest BCUT2D eigenvalue weighted by Crippen LogP contribution is -2.28. The van der Waals surface area contributed by atoms with Crippen LogP contribution in [-0.4, -0.2) is 26.8 Å². The van der Waals surface area contributed by atoms with Crippen molar-refractivity contribution in [3.8, 4) is 23.0 Å². The van der Waals surface area contributed by atoms with Crippen LogP contribution in [-0.2, 0) is 4.74 Å². The van der Waals surface area contributed by atoms with Crippen LogP contribution in [0.25, 0.3) is 0 Å². The molecule has 0 saturated carbocycles. The molecule has 0 spiro atoms. The minimum atomic E-state index is -0.269. The molecule has 0 N–H and O–H groups in total. The van der Waals surface area contributed by atoms with Gasteiger partial charge < -0.3 is 23.7 Å². The molecule has 0 fully saturated rings. The Bertz CT molecular complexity index is 725. The molecule has 0 aromatic heterocycles. The summed E-state index contributed by atoms with van der Waals surface area (Å²) >= 11 is 0. The number of methoxy groups -OCH3 is 1. The van der Waals surface area contributed by atoms with E-state index in [0.717, 1.165) is 35.0 Å².